The monoisotopic (exact) mass is 400 g/mol. The van der Waals surface area contributed by atoms with Gasteiger partial charge in [-0.2, -0.15) is 13.2 Å². The van der Waals surface area contributed by atoms with Gasteiger partial charge in [-0.3, -0.25) is 0 Å². The van der Waals surface area contributed by atoms with Crippen LogP contribution in [-0.2, 0) is 4.79 Å². The molecule has 1 atom stereocenters. The first-order valence-corrected chi connectivity index (χ1v) is 7.91. The van der Waals surface area contributed by atoms with Crippen molar-refractivity contribution in [2.24, 2.45) is 0 Å². The van der Waals surface area contributed by atoms with Crippen LogP contribution < -0.4 is 14.2 Å². The van der Waals surface area contributed by atoms with Crippen molar-refractivity contribution in [3.8, 4) is 23.0 Å². The minimum atomic E-state index is -4.88. The van der Waals surface area contributed by atoms with Gasteiger partial charge in [-0.05, 0) is 30.3 Å². The fraction of sp³-hybridized carbons (Fsp3) is 0.167. The number of hydrogen-bond acceptors (Lipinski definition) is 4. The molecular weight excluding hydrogens is 389 g/mol. The lowest BCUT2D eigenvalue weighted by Gasteiger charge is -2.27. The van der Waals surface area contributed by atoms with Gasteiger partial charge in [-0.25, -0.2) is 4.79 Å². The maximum absolute atomic E-state index is 13.1. The van der Waals surface area contributed by atoms with Crippen LogP contribution in [0.25, 0.3) is 6.08 Å². The Balaban J connectivity index is 2.03. The number of methoxy groups -OCH3 is 1. The van der Waals surface area contributed by atoms with E-state index in [0.29, 0.717) is 5.75 Å². The van der Waals surface area contributed by atoms with Crippen molar-refractivity contribution in [2.45, 2.75) is 12.3 Å². The lowest BCUT2D eigenvalue weighted by atomic mass is 10.0. The first-order chi connectivity index (χ1) is 12.7. The molecule has 1 heterocycles. The molecule has 0 amide bonds. The summed E-state index contributed by atoms with van der Waals surface area (Å²) in [4.78, 5) is 11.3. The highest BCUT2D eigenvalue weighted by molar-refractivity contribution is 6.32. The molecule has 2 aromatic carbocycles. The average molecular weight is 401 g/mol. The summed E-state index contributed by atoms with van der Waals surface area (Å²) >= 11 is 6.11. The predicted octanol–water partition coefficient (Wildman–Crippen LogP) is 4.93. The molecule has 0 bridgehead atoms. The van der Waals surface area contributed by atoms with Crippen LogP contribution in [0.5, 0.6) is 23.0 Å². The van der Waals surface area contributed by atoms with E-state index < -0.39 is 23.8 Å². The van der Waals surface area contributed by atoms with Crippen molar-refractivity contribution in [3.05, 3.63) is 52.6 Å². The summed E-state index contributed by atoms with van der Waals surface area (Å²) < 4.78 is 55.0. The molecule has 9 heteroatoms. The molecule has 27 heavy (non-hydrogen) atoms. The number of alkyl halides is 3. The van der Waals surface area contributed by atoms with Gasteiger partial charge in [0.2, 0.25) is 6.10 Å². The fourth-order valence-electron chi connectivity index (χ4n) is 2.51. The quantitative estimate of drug-likeness (QED) is 0.788. The standard InChI is InChI=1S/C18H12ClF3O5/c1-25-9-5-6-15(12(19)7-9)26-13-3-2-4-14-10(13)8-11(17(23)24)16(27-14)18(20,21)22/h2-8,16H,1H3,(H,23,24). The lowest BCUT2D eigenvalue weighted by Crippen LogP contribution is -2.40. The van der Waals surface area contributed by atoms with Crippen molar-refractivity contribution in [1.29, 1.82) is 0 Å². The van der Waals surface area contributed by atoms with E-state index in [9.17, 15) is 18.0 Å². The van der Waals surface area contributed by atoms with Gasteiger partial charge in [0.1, 0.15) is 23.0 Å². The van der Waals surface area contributed by atoms with E-state index in [-0.39, 0.29) is 27.8 Å². The number of fused-ring (bicyclic) bond motifs is 1. The van der Waals surface area contributed by atoms with Crippen molar-refractivity contribution < 1.29 is 37.3 Å². The smallest absolute Gasteiger partial charge is 0.430 e. The van der Waals surface area contributed by atoms with Crippen LogP contribution in [0, 0.1) is 0 Å². The SMILES string of the molecule is COc1ccc(Oc2cccc3c2C=C(C(=O)O)C(C(F)(F)F)O3)c(Cl)c1. The number of carbonyl (C=O) groups is 1. The van der Waals surface area contributed by atoms with Crippen LogP contribution in [-0.4, -0.2) is 30.5 Å². The molecular formula is C18H12ClF3O5. The highest BCUT2D eigenvalue weighted by atomic mass is 35.5. The molecule has 0 aromatic heterocycles. The number of halogens is 4. The van der Waals surface area contributed by atoms with Gasteiger partial charge in [0.05, 0.1) is 23.3 Å². The summed E-state index contributed by atoms with van der Waals surface area (Å²) in [5.74, 6) is -1.08. The molecule has 5 nitrogen and oxygen atoms in total. The second kappa shape index (κ2) is 7.03. The van der Waals surface area contributed by atoms with Crippen LogP contribution in [0.1, 0.15) is 5.56 Å². The van der Waals surface area contributed by atoms with E-state index in [1.165, 1.54) is 37.4 Å². The Morgan fingerprint density at radius 3 is 2.56 bits per heavy atom. The summed E-state index contributed by atoms with van der Waals surface area (Å²) in [6, 6.07) is 8.80. The minimum absolute atomic E-state index is 0.0716. The summed E-state index contributed by atoms with van der Waals surface area (Å²) in [6.07, 6.45) is -6.55. The third-order valence-electron chi connectivity index (χ3n) is 3.76. The molecule has 0 spiro atoms. The molecule has 0 saturated carbocycles. The van der Waals surface area contributed by atoms with Gasteiger partial charge in [-0.15, -0.1) is 0 Å². The van der Waals surface area contributed by atoms with Crippen molar-refractivity contribution >= 4 is 23.6 Å². The highest BCUT2D eigenvalue weighted by Gasteiger charge is 2.48. The third kappa shape index (κ3) is 3.80. The van der Waals surface area contributed by atoms with Gasteiger partial charge < -0.3 is 19.3 Å². The van der Waals surface area contributed by atoms with Gasteiger partial charge in [0.15, 0.2) is 0 Å². The minimum Gasteiger partial charge on any atom is -0.497 e. The second-order valence-electron chi connectivity index (χ2n) is 5.51. The molecule has 1 N–H and O–H groups in total. The van der Waals surface area contributed by atoms with E-state index in [0.717, 1.165) is 6.08 Å². The van der Waals surface area contributed by atoms with Crippen molar-refractivity contribution in [2.75, 3.05) is 7.11 Å². The zero-order valence-electron chi connectivity index (χ0n) is 13.7. The highest BCUT2D eigenvalue weighted by Crippen LogP contribution is 2.43. The van der Waals surface area contributed by atoms with Crippen LogP contribution in [0.2, 0.25) is 5.02 Å². The largest absolute Gasteiger partial charge is 0.497 e. The molecule has 3 rings (SSSR count). The Morgan fingerprint density at radius 1 is 1.22 bits per heavy atom. The number of carboxylic acid groups (broad SMARTS) is 1. The number of aliphatic carboxylic acids is 1. The van der Waals surface area contributed by atoms with Crippen LogP contribution in [0.4, 0.5) is 13.2 Å². The molecule has 1 unspecified atom stereocenters. The summed E-state index contributed by atoms with van der Waals surface area (Å²) in [5.41, 5.74) is -0.867. The van der Waals surface area contributed by atoms with E-state index in [4.69, 9.17) is 30.9 Å². The van der Waals surface area contributed by atoms with Crippen LogP contribution in [0.15, 0.2) is 42.0 Å². The number of ether oxygens (including phenoxy) is 3. The Morgan fingerprint density at radius 2 is 1.96 bits per heavy atom. The van der Waals surface area contributed by atoms with E-state index >= 15 is 0 Å². The summed E-state index contributed by atoms with van der Waals surface area (Å²) in [7, 11) is 1.46. The van der Waals surface area contributed by atoms with Crippen molar-refractivity contribution in [1.82, 2.24) is 0 Å². The van der Waals surface area contributed by atoms with Crippen LogP contribution in [0.3, 0.4) is 0 Å². The van der Waals surface area contributed by atoms with Gasteiger partial charge >= 0.3 is 12.1 Å². The number of hydrogen-bond donors (Lipinski definition) is 1. The number of carboxylic acids is 1. The van der Waals surface area contributed by atoms with E-state index in [1.807, 2.05) is 0 Å². The summed E-state index contributed by atoms with van der Waals surface area (Å²) in [6.45, 7) is 0. The molecule has 2 aromatic rings. The van der Waals surface area contributed by atoms with Gasteiger partial charge in [0, 0.05) is 6.07 Å². The Hall–Kier alpha value is -2.87. The molecule has 0 saturated heterocycles. The molecule has 1 aliphatic heterocycles. The fourth-order valence-corrected chi connectivity index (χ4v) is 2.72. The molecule has 0 fully saturated rings. The van der Waals surface area contributed by atoms with E-state index in [1.54, 1.807) is 6.07 Å². The predicted molar refractivity (Wildman–Crippen MR) is 90.6 cm³/mol. The molecule has 0 radical (unpaired) electrons. The molecule has 0 aliphatic carbocycles. The maximum Gasteiger partial charge on any atom is 0.430 e. The Labute approximate surface area is 156 Å². The average Bonchev–Trinajstić information content (AvgIpc) is 2.61. The zero-order valence-corrected chi connectivity index (χ0v) is 14.5. The van der Waals surface area contributed by atoms with Crippen molar-refractivity contribution in [3.63, 3.8) is 0 Å². The lowest BCUT2D eigenvalue weighted by molar-refractivity contribution is -0.187. The Kier molecular flexibility index (Phi) is 4.93. The summed E-state index contributed by atoms with van der Waals surface area (Å²) in [5, 5.41) is 9.36. The maximum atomic E-state index is 13.1. The van der Waals surface area contributed by atoms with Gasteiger partial charge in [0.25, 0.3) is 0 Å². The Bertz CT molecular complexity index is 924. The van der Waals surface area contributed by atoms with E-state index in [2.05, 4.69) is 0 Å². The molecule has 142 valence electrons. The number of benzene rings is 2. The topological polar surface area (TPSA) is 65.0 Å². The first-order valence-electron chi connectivity index (χ1n) is 7.53. The zero-order chi connectivity index (χ0) is 19.8. The number of rotatable bonds is 4. The normalized spacial score (nSPS) is 16.0. The third-order valence-corrected chi connectivity index (χ3v) is 4.05. The van der Waals surface area contributed by atoms with Gasteiger partial charge in [-0.1, -0.05) is 17.7 Å². The van der Waals surface area contributed by atoms with Crippen LogP contribution >= 0.6 is 11.6 Å². The molecule has 1 aliphatic rings. The first kappa shape index (κ1) is 18.9. The second-order valence-corrected chi connectivity index (χ2v) is 5.92.